The molecule has 27 heavy (non-hydrogen) atoms. The molecule has 0 aliphatic rings. The maximum atomic E-state index is 12.4. The largest absolute Gasteiger partial charge is 0.469 e. The number of rotatable bonds is 8. The van der Waals surface area contributed by atoms with E-state index < -0.39 is 20.5 Å². The topological polar surface area (TPSA) is 114 Å². The smallest absolute Gasteiger partial charge is 0.293 e. The van der Waals surface area contributed by atoms with Crippen LogP contribution in [0.4, 0.5) is 11.4 Å². The molecule has 148 valence electrons. The number of furan rings is 1. The van der Waals surface area contributed by atoms with Crippen LogP contribution in [0.15, 0.2) is 45.9 Å². The van der Waals surface area contributed by atoms with Gasteiger partial charge in [0.1, 0.15) is 11.4 Å². The predicted octanol–water partition coefficient (Wildman–Crippen LogP) is 3.70. The Balaban J connectivity index is 2.18. The molecule has 0 bridgehead atoms. The van der Waals surface area contributed by atoms with Crippen molar-refractivity contribution in [1.82, 2.24) is 4.72 Å². The van der Waals surface area contributed by atoms with Gasteiger partial charge in [0.25, 0.3) is 5.69 Å². The second-order valence-electron chi connectivity index (χ2n) is 7.45. The van der Waals surface area contributed by atoms with Gasteiger partial charge in [0.15, 0.2) is 0 Å². The number of nitro groups is 1. The van der Waals surface area contributed by atoms with Crippen LogP contribution < -0.4 is 10.0 Å². The lowest BCUT2D eigenvalue weighted by molar-refractivity contribution is -0.384. The van der Waals surface area contributed by atoms with Crippen molar-refractivity contribution >= 4 is 21.4 Å². The van der Waals surface area contributed by atoms with E-state index in [1.807, 2.05) is 19.1 Å². The highest BCUT2D eigenvalue weighted by molar-refractivity contribution is 7.89. The fraction of sp³-hybridized carbons (Fsp3) is 0.444. The highest BCUT2D eigenvalue weighted by Gasteiger charge is 2.25. The molecule has 0 radical (unpaired) electrons. The van der Waals surface area contributed by atoms with Gasteiger partial charge in [-0.15, -0.1) is 0 Å². The molecule has 0 aliphatic heterocycles. The molecule has 2 N–H and O–H groups in total. The Morgan fingerprint density at radius 2 is 1.96 bits per heavy atom. The molecular weight excluding hydrogens is 370 g/mol. The highest BCUT2D eigenvalue weighted by Crippen LogP contribution is 2.29. The molecule has 0 saturated carbocycles. The number of aryl methyl sites for hydroxylation is 1. The second kappa shape index (κ2) is 8.10. The number of hydrogen-bond donors (Lipinski definition) is 2. The molecule has 9 heteroatoms. The predicted molar refractivity (Wildman–Crippen MR) is 103 cm³/mol. The third kappa shape index (κ3) is 6.07. The summed E-state index contributed by atoms with van der Waals surface area (Å²) in [5, 5.41) is 14.5. The molecule has 0 unspecified atom stereocenters. The van der Waals surface area contributed by atoms with Gasteiger partial charge < -0.3 is 9.73 Å². The summed E-state index contributed by atoms with van der Waals surface area (Å²) in [4.78, 5) is 10.7. The normalized spacial score (nSPS) is 13.3. The summed E-state index contributed by atoms with van der Waals surface area (Å²) < 4.78 is 32.6. The second-order valence-corrected chi connectivity index (χ2v) is 9.14. The molecule has 2 aromatic rings. The number of nitrogens with zero attached hydrogens (tertiary/aromatic N) is 1. The molecule has 0 spiro atoms. The van der Waals surface area contributed by atoms with E-state index in [2.05, 4.69) is 10.0 Å². The fourth-order valence-electron chi connectivity index (χ4n) is 2.56. The minimum Gasteiger partial charge on any atom is -0.469 e. The molecule has 1 aromatic carbocycles. The Labute approximate surface area is 159 Å². The van der Waals surface area contributed by atoms with Gasteiger partial charge in [-0.3, -0.25) is 10.1 Å². The summed E-state index contributed by atoms with van der Waals surface area (Å²) in [6, 6.07) is 7.49. The lowest BCUT2D eigenvalue weighted by Crippen LogP contribution is -2.40. The van der Waals surface area contributed by atoms with E-state index in [4.69, 9.17) is 4.42 Å². The van der Waals surface area contributed by atoms with Crippen molar-refractivity contribution in [3.8, 4) is 0 Å². The van der Waals surface area contributed by atoms with Crippen molar-refractivity contribution in [1.29, 1.82) is 0 Å². The van der Waals surface area contributed by atoms with Gasteiger partial charge in [-0.05, 0) is 58.4 Å². The van der Waals surface area contributed by atoms with Crippen LogP contribution >= 0.6 is 0 Å². The van der Waals surface area contributed by atoms with Gasteiger partial charge in [0.2, 0.25) is 10.0 Å². The number of hydrogen-bond acceptors (Lipinski definition) is 6. The number of benzene rings is 1. The summed E-state index contributed by atoms with van der Waals surface area (Å²) in [5.41, 5.74) is -0.691. The van der Waals surface area contributed by atoms with Gasteiger partial charge in [0.05, 0.1) is 16.1 Å². The van der Waals surface area contributed by atoms with Crippen LogP contribution in [0.3, 0.4) is 0 Å². The Bertz CT molecular complexity index is 886. The summed E-state index contributed by atoms with van der Waals surface area (Å²) in [6.07, 6.45) is 3.00. The van der Waals surface area contributed by atoms with Crippen LogP contribution in [0.5, 0.6) is 0 Å². The minimum absolute atomic E-state index is 0.0658. The van der Waals surface area contributed by atoms with E-state index in [9.17, 15) is 18.5 Å². The number of sulfonamides is 1. The maximum absolute atomic E-state index is 12.4. The van der Waals surface area contributed by atoms with Gasteiger partial charge in [0, 0.05) is 24.1 Å². The quantitative estimate of drug-likeness (QED) is 0.520. The van der Waals surface area contributed by atoms with Gasteiger partial charge in [-0.2, -0.15) is 0 Å². The van der Waals surface area contributed by atoms with Crippen molar-refractivity contribution in [2.24, 2.45) is 0 Å². The van der Waals surface area contributed by atoms with Crippen LogP contribution in [0.25, 0.3) is 0 Å². The van der Waals surface area contributed by atoms with E-state index in [1.165, 1.54) is 12.1 Å². The summed E-state index contributed by atoms with van der Waals surface area (Å²) >= 11 is 0. The molecular formula is C18H25N3O5S. The Morgan fingerprint density at radius 3 is 2.52 bits per heavy atom. The third-order valence-electron chi connectivity index (χ3n) is 3.72. The SMILES string of the molecule is C[C@@H](CCc1ccco1)Nc1ccc(S(=O)(=O)NC(C)(C)C)cc1[N+](=O)[O-]. The lowest BCUT2D eigenvalue weighted by Gasteiger charge is -2.20. The van der Waals surface area contributed by atoms with Crippen molar-refractivity contribution in [3.05, 3.63) is 52.5 Å². The standard InChI is InChI=1S/C18H25N3O5S/c1-13(7-8-14-6-5-11-26-14)19-16-10-9-15(12-17(16)21(22)23)27(24,25)20-18(2,3)4/h5-6,9-13,19-20H,7-8H2,1-4H3/t13-/m0/s1. The average Bonchev–Trinajstić information content (AvgIpc) is 3.04. The van der Waals surface area contributed by atoms with Crippen molar-refractivity contribution < 1.29 is 17.8 Å². The maximum Gasteiger partial charge on any atom is 0.293 e. The number of nitro benzene ring substituents is 1. The molecule has 0 aliphatic carbocycles. The zero-order chi connectivity index (χ0) is 20.2. The summed E-state index contributed by atoms with van der Waals surface area (Å²) in [5.74, 6) is 0.841. The van der Waals surface area contributed by atoms with Crippen molar-refractivity contribution in [3.63, 3.8) is 0 Å². The van der Waals surface area contributed by atoms with E-state index in [-0.39, 0.29) is 22.3 Å². The zero-order valence-electron chi connectivity index (χ0n) is 15.9. The number of anilines is 1. The van der Waals surface area contributed by atoms with E-state index in [0.717, 1.165) is 11.8 Å². The van der Waals surface area contributed by atoms with Gasteiger partial charge in [-0.25, -0.2) is 13.1 Å². The van der Waals surface area contributed by atoms with E-state index in [1.54, 1.807) is 27.0 Å². The average molecular weight is 395 g/mol. The van der Waals surface area contributed by atoms with Crippen LogP contribution in [0, 0.1) is 10.1 Å². The molecule has 2 rings (SSSR count). The Morgan fingerprint density at radius 1 is 1.26 bits per heavy atom. The Hall–Kier alpha value is -2.39. The van der Waals surface area contributed by atoms with E-state index >= 15 is 0 Å². The van der Waals surface area contributed by atoms with Gasteiger partial charge >= 0.3 is 0 Å². The molecule has 0 amide bonds. The van der Waals surface area contributed by atoms with Crippen LogP contribution in [0.2, 0.25) is 0 Å². The fourth-order valence-corrected chi connectivity index (χ4v) is 4.00. The highest BCUT2D eigenvalue weighted by atomic mass is 32.2. The first kappa shape index (κ1) is 20.9. The van der Waals surface area contributed by atoms with Crippen LogP contribution in [-0.4, -0.2) is 24.9 Å². The minimum atomic E-state index is -3.85. The lowest BCUT2D eigenvalue weighted by atomic mass is 10.1. The molecule has 8 nitrogen and oxygen atoms in total. The molecule has 0 saturated heterocycles. The van der Waals surface area contributed by atoms with Gasteiger partial charge in [-0.1, -0.05) is 0 Å². The van der Waals surface area contributed by atoms with Crippen LogP contribution in [-0.2, 0) is 16.4 Å². The molecule has 1 atom stereocenters. The van der Waals surface area contributed by atoms with Crippen molar-refractivity contribution in [2.45, 2.75) is 57.0 Å². The van der Waals surface area contributed by atoms with Crippen LogP contribution in [0.1, 0.15) is 39.9 Å². The summed E-state index contributed by atoms with van der Waals surface area (Å²) in [6.45, 7) is 7.01. The first-order chi connectivity index (χ1) is 12.5. The molecule has 0 fully saturated rings. The first-order valence-electron chi connectivity index (χ1n) is 8.59. The number of nitrogens with one attached hydrogen (secondary N) is 2. The zero-order valence-corrected chi connectivity index (χ0v) is 16.7. The van der Waals surface area contributed by atoms with Crippen molar-refractivity contribution in [2.75, 3.05) is 5.32 Å². The summed E-state index contributed by atoms with van der Waals surface area (Å²) in [7, 11) is -3.85. The Kier molecular flexibility index (Phi) is 6.27. The monoisotopic (exact) mass is 395 g/mol. The molecule has 1 aromatic heterocycles. The molecule has 1 heterocycles. The third-order valence-corrected chi connectivity index (χ3v) is 5.48. The van der Waals surface area contributed by atoms with E-state index in [0.29, 0.717) is 12.8 Å². The first-order valence-corrected chi connectivity index (χ1v) is 10.1.